The molecule has 1 aliphatic heterocycles. The van der Waals surface area contributed by atoms with Gasteiger partial charge in [-0.2, -0.15) is 4.31 Å². The molecule has 24 heavy (non-hydrogen) atoms. The van der Waals surface area contributed by atoms with Crippen LogP contribution in [0.25, 0.3) is 0 Å². The molecule has 1 aromatic carbocycles. The van der Waals surface area contributed by atoms with Crippen LogP contribution in [0.2, 0.25) is 0 Å². The zero-order valence-corrected chi connectivity index (χ0v) is 14.2. The van der Waals surface area contributed by atoms with Crippen LogP contribution in [0.4, 0.5) is 5.69 Å². The molecule has 7 nitrogen and oxygen atoms in total. The molecule has 0 radical (unpaired) electrons. The van der Waals surface area contributed by atoms with Crippen molar-refractivity contribution in [2.75, 3.05) is 25.0 Å². The van der Waals surface area contributed by atoms with E-state index in [-0.39, 0.29) is 11.5 Å². The highest BCUT2D eigenvalue weighted by Crippen LogP contribution is 2.22. The number of nitrogens with zero attached hydrogens (tertiary/aromatic N) is 1. The Labute approximate surface area is 141 Å². The van der Waals surface area contributed by atoms with Crippen LogP contribution in [0.1, 0.15) is 19.8 Å². The fourth-order valence-corrected chi connectivity index (χ4v) is 3.82. The van der Waals surface area contributed by atoms with Crippen molar-refractivity contribution in [2.45, 2.75) is 24.7 Å². The van der Waals surface area contributed by atoms with Gasteiger partial charge < -0.3 is 10.1 Å². The van der Waals surface area contributed by atoms with Crippen molar-refractivity contribution in [2.24, 2.45) is 0 Å². The summed E-state index contributed by atoms with van der Waals surface area (Å²) in [6.07, 6.45) is 3.85. The first-order valence-corrected chi connectivity index (χ1v) is 9.13. The second-order valence-electron chi connectivity index (χ2n) is 5.21. The van der Waals surface area contributed by atoms with E-state index in [1.54, 1.807) is 6.92 Å². The van der Waals surface area contributed by atoms with E-state index in [0.29, 0.717) is 18.8 Å². The van der Waals surface area contributed by atoms with Crippen LogP contribution >= 0.6 is 0 Å². The first-order valence-electron chi connectivity index (χ1n) is 7.69. The molecule has 0 atom stereocenters. The Hall–Kier alpha value is -2.19. The molecular weight excluding hydrogens is 332 g/mol. The van der Waals surface area contributed by atoms with Crippen molar-refractivity contribution in [3.63, 3.8) is 0 Å². The minimum Gasteiger partial charge on any atom is -0.463 e. The zero-order valence-electron chi connectivity index (χ0n) is 13.4. The molecule has 1 aromatic rings. The van der Waals surface area contributed by atoms with E-state index in [0.717, 1.165) is 25.0 Å². The molecule has 0 bridgehead atoms. The second kappa shape index (κ2) is 8.07. The van der Waals surface area contributed by atoms with E-state index < -0.39 is 21.9 Å². The van der Waals surface area contributed by atoms with Crippen LogP contribution in [0.5, 0.6) is 0 Å². The summed E-state index contributed by atoms with van der Waals surface area (Å²) < 4.78 is 30.9. The molecule has 1 saturated heterocycles. The van der Waals surface area contributed by atoms with Gasteiger partial charge in [-0.3, -0.25) is 4.79 Å². The van der Waals surface area contributed by atoms with Gasteiger partial charge in [-0.15, -0.1) is 0 Å². The quantitative estimate of drug-likeness (QED) is 0.619. The third-order valence-electron chi connectivity index (χ3n) is 3.48. The third kappa shape index (κ3) is 4.65. The molecule has 1 amide bonds. The molecule has 1 N–H and O–H groups in total. The summed E-state index contributed by atoms with van der Waals surface area (Å²) in [5.74, 6) is -1.10. The number of ether oxygens (including phenoxy) is 1. The van der Waals surface area contributed by atoms with Crippen LogP contribution in [0.15, 0.2) is 41.3 Å². The molecule has 1 aliphatic rings. The molecule has 1 heterocycles. The first kappa shape index (κ1) is 18.2. The van der Waals surface area contributed by atoms with Gasteiger partial charge in [0.2, 0.25) is 15.9 Å². The maximum absolute atomic E-state index is 12.4. The number of amides is 1. The molecule has 0 unspecified atom stereocenters. The monoisotopic (exact) mass is 352 g/mol. The number of anilines is 1. The van der Waals surface area contributed by atoms with Crippen LogP contribution in [0, 0.1) is 0 Å². The molecule has 8 heteroatoms. The molecule has 0 aliphatic carbocycles. The van der Waals surface area contributed by atoms with Gasteiger partial charge in [0.05, 0.1) is 11.5 Å². The van der Waals surface area contributed by atoms with E-state index in [9.17, 15) is 18.0 Å². The Morgan fingerprint density at radius 1 is 1.17 bits per heavy atom. The normalized spacial score (nSPS) is 15.5. The molecule has 0 saturated carbocycles. The van der Waals surface area contributed by atoms with Crippen molar-refractivity contribution < 1.29 is 22.7 Å². The van der Waals surface area contributed by atoms with Gasteiger partial charge in [-0.25, -0.2) is 13.2 Å². The molecule has 1 fully saturated rings. The summed E-state index contributed by atoms with van der Waals surface area (Å²) in [6.45, 7) is 2.99. The van der Waals surface area contributed by atoms with Gasteiger partial charge in [0.25, 0.3) is 0 Å². The van der Waals surface area contributed by atoms with Crippen LogP contribution in [0.3, 0.4) is 0 Å². The number of benzene rings is 1. The number of carbonyl (C=O) groups excluding carboxylic acids is 2. The standard InChI is InChI=1S/C16H20N2O5S/c1-2-23-16(20)10-9-15(19)17-13-5-7-14(8-6-13)24(21,22)18-11-3-4-12-18/h5-10H,2-4,11-12H2,1H3,(H,17,19)/b10-9-. The lowest BCUT2D eigenvalue weighted by atomic mass is 10.3. The average molecular weight is 352 g/mol. The number of hydrogen-bond donors (Lipinski definition) is 1. The maximum atomic E-state index is 12.4. The second-order valence-corrected chi connectivity index (χ2v) is 7.15. The number of sulfonamides is 1. The lowest BCUT2D eigenvalue weighted by Crippen LogP contribution is -2.27. The summed E-state index contributed by atoms with van der Waals surface area (Å²) in [6, 6.07) is 5.94. The zero-order chi connectivity index (χ0) is 17.6. The van der Waals surface area contributed by atoms with Crippen molar-refractivity contribution in [1.82, 2.24) is 4.31 Å². The maximum Gasteiger partial charge on any atom is 0.330 e. The van der Waals surface area contributed by atoms with Crippen LogP contribution < -0.4 is 5.32 Å². The molecule has 130 valence electrons. The lowest BCUT2D eigenvalue weighted by Gasteiger charge is -2.15. The van der Waals surface area contributed by atoms with Gasteiger partial charge >= 0.3 is 5.97 Å². The van der Waals surface area contributed by atoms with Gasteiger partial charge in [-0.1, -0.05) is 0 Å². The van der Waals surface area contributed by atoms with E-state index in [4.69, 9.17) is 0 Å². The van der Waals surface area contributed by atoms with Crippen molar-refractivity contribution in [3.8, 4) is 0 Å². The fourth-order valence-electron chi connectivity index (χ4n) is 2.31. The summed E-state index contributed by atoms with van der Waals surface area (Å²) >= 11 is 0. The van der Waals surface area contributed by atoms with E-state index >= 15 is 0 Å². The smallest absolute Gasteiger partial charge is 0.330 e. The summed E-state index contributed by atoms with van der Waals surface area (Å²) in [4.78, 5) is 23.0. The predicted molar refractivity (Wildman–Crippen MR) is 88.8 cm³/mol. The Morgan fingerprint density at radius 3 is 2.38 bits per heavy atom. The SMILES string of the molecule is CCOC(=O)/C=C\C(=O)Nc1ccc(S(=O)(=O)N2CCCC2)cc1. The highest BCUT2D eigenvalue weighted by atomic mass is 32.2. The minimum atomic E-state index is -3.47. The number of rotatable bonds is 6. The molecular formula is C16H20N2O5S. The van der Waals surface area contributed by atoms with Gasteiger partial charge in [0.1, 0.15) is 0 Å². The van der Waals surface area contributed by atoms with Crippen LogP contribution in [-0.4, -0.2) is 44.3 Å². The van der Waals surface area contributed by atoms with Crippen molar-refractivity contribution in [3.05, 3.63) is 36.4 Å². The molecule has 0 aromatic heterocycles. The summed E-state index contributed by atoms with van der Waals surface area (Å²) in [5.41, 5.74) is 0.439. The Balaban J connectivity index is 1.99. The highest BCUT2D eigenvalue weighted by Gasteiger charge is 2.26. The van der Waals surface area contributed by atoms with Crippen molar-refractivity contribution >= 4 is 27.6 Å². The van der Waals surface area contributed by atoms with Gasteiger partial charge in [-0.05, 0) is 44.0 Å². The van der Waals surface area contributed by atoms with E-state index in [1.807, 2.05) is 0 Å². The van der Waals surface area contributed by atoms with E-state index in [2.05, 4.69) is 10.1 Å². The fraction of sp³-hybridized carbons (Fsp3) is 0.375. The number of esters is 1. The third-order valence-corrected chi connectivity index (χ3v) is 5.39. The van der Waals surface area contributed by atoms with E-state index in [1.165, 1.54) is 28.6 Å². The largest absolute Gasteiger partial charge is 0.463 e. The summed E-state index contributed by atoms with van der Waals surface area (Å²) in [5, 5.41) is 2.55. The number of carbonyl (C=O) groups is 2. The minimum absolute atomic E-state index is 0.199. The topological polar surface area (TPSA) is 92.8 Å². The Morgan fingerprint density at radius 2 is 1.79 bits per heavy atom. The Kier molecular flexibility index (Phi) is 6.10. The average Bonchev–Trinajstić information content (AvgIpc) is 3.09. The Bertz CT molecular complexity index is 719. The molecule has 2 rings (SSSR count). The lowest BCUT2D eigenvalue weighted by molar-refractivity contribution is -0.137. The van der Waals surface area contributed by atoms with Gasteiger partial charge in [0, 0.05) is 30.9 Å². The van der Waals surface area contributed by atoms with Crippen LogP contribution in [-0.2, 0) is 24.3 Å². The number of hydrogen-bond acceptors (Lipinski definition) is 5. The summed E-state index contributed by atoms with van der Waals surface area (Å²) in [7, 11) is -3.47. The van der Waals surface area contributed by atoms with Gasteiger partial charge in [0.15, 0.2) is 0 Å². The molecule has 0 spiro atoms. The highest BCUT2D eigenvalue weighted by molar-refractivity contribution is 7.89. The first-order chi connectivity index (χ1) is 11.4. The number of nitrogens with one attached hydrogen (secondary N) is 1. The predicted octanol–water partition coefficient (Wildman–Crippen LogP) is 1.53. The van der Waals surface area contributed by atoms with Crippen molar-refractivity contribution in [1.29, 1.82) is 0 Å².